The van der Waals surface area contributed by atoms with E-state index in [0.29, 0.717) is 22.6 Å². The first kappa shape index (κ1) is 26.7. The third kappa shape index (κ3) is 9.04. The summed E-state index contributed by atoms with van der Waals surface area (Å²) < 4.78 is 20.6. The fraction of sp³-hybridized carbons (Fsp3) is 0.200. The molecule has 0 aliphatic heterocycles. The Labute approximate surface area is 201 Å². The van der Waals surface area contributed by atoms with Crippen LogP contribution in [-0.2, 0) is 19.2 Å². The molecule has 0 radical (unpaired) electrons. The predicted molar refractivity (Wildman–Crippen MR) is 125 cm³/mol. The normalized spacial score (nSPS) is 10.8. The van der Waals surface area contributed by atoms with Crippen LogP contribution in [0.5, 0.6) is 23.0 Å². The Bertz CT molecular complexity index is 1060. The molecule has 0 aliphatic carbocycles. The summed E-state index contributed by atoms with van der Waals surface area (Å²) in [7, 11) is 2.80. The Balaban J connectivity index is 1.97. The standard InChI is InChI=1S/C25H24O10/c1-32-22-11-16(5-9-20(22)34-14-24(28)29)3-7-18(26)13-19(27)8-4-17-6-10-21(23(12-17)33-2)35-15-25(30)31/h3-12H,13-15H2,1-2H3,(H,28,29)(H,30,31)/b7-3+,8-4+. The van der Waals surface area contributed by atoms with Crippen LogP contribution in [0.3, 0.4) is 0 Å². The van der Waals surface area contributed by atoms with Crippen molar-refractivity contribution in [3.05, 3.63) is 59.7 Å². The van der Waals surface area contributed by atoms with E-state index in [1.165, 1.54) is 50.7 Å². The van der Waals surface area contributed by atoms with Crippen molar-refractivity contribution in [2.75, 3.05) is 27.4 Å². The first-order valence-electron chi connectivity index (χ1n) is 10.2. The molecule has 0 saturated heterocycles. The molecule has 2 aromatic rings. The number of allylic oxidation sites excluding steroid dienone is 2. The van der Waals surface area contributed by atoms with Gasteiger partial charge >= 0.3 is 11.9 Å². The smallest absolute Gasteiger partial charge is 0.341 e. The van der Waals surface area contributed by atoms with E-state index >= 15 is 0 Å². The van der Waals surface area contributed by atoms with Crippen LogP contribution < -0.4 is 18.9 Å². The van der Waals surface area contributed by atoms with E-state index in [9.17, 15) is 19.2 Å². The first-order chi connectivity index (χ1) is 16.7. The molecule has 35 heavy (non-hydrogen) atoms. The highest BCUT2D eigenvalue weighted by Gasteiger charge is 2.09. The van der Waals surface area contributed by atoms with E-state index in [-0.39, 0.29) is 17.9 Å². The Morgan fingerprint density at radius 3 is 1.43 bits per heavy atom. The molecular weight excluding hydrogens is 460 g/mol. The number of hydrogen-bond donors (Lipinski definition) is 2. The van der Waals surface area contributed by atoms with Crippen molar-refractivity contribution < 1.29 is 48.3 Å². The molecule has 10 heteroatoms. The van der Waals surface area contributed by atoms with Gasteiger partial charge in [0.25, 0.3) is 0 Å². The lowest BCUT2D eigenvalue weighted by atomic mass is 10.1. The molecule has 0 bridgehead atoms. The summed E-state index contributed by atoms with van der Waals surface area (Å²) >= 11 is 0. The molecule has 0 spiro atoms. The van der Waals surface area contributed by atoms with Gasteiger partial charge in [0.1, 0.15) is 0 Å². The maximum absolute atomic E-state index is 12.2. The van der Waals surface area contributed by atoms with Crippen molar-refractivity contribution >= 4 is 35.7 Å². The number of carboxylic acids is 2. The van der Waals surface area contributed by atoms with Gasteiger partial charge in [-0.2, -0.15) is 0 Å². The molecule has 0 fully saturated rings. The van der Waals surface area contributed by atoms with Crippen LogP contribution in [0.25, 0.3) is 12.2 Å². The number of hydrogen-bond acceptors (Lipinski definition) is 8. The zero-order chi connectivity index (χ0) is 25.8. The van der Waals surface area contributed by atoms with Crippen molar-refractivity contribution in [3.8, 4) is 23.0 Å². The van der Waals surface area contributed by atoms with Gasteiger partial charge in [-0.05, 0) is 47.5 Å². The first-order valence-corrected chi connectivity index (χ1v) is 10.2. The van der Waals surface area contributed by atoms with Crippen LogP contribution in [-0.4, -0.2) is 61.2 Å². The number of carboxylic acid groups (broad SMARTS) is 2. The van der Waals surface area contributed by atoms with Crippen molar-refractivity contribution in [3.63, 3.8) is 0 Å². The van der Waals surface area contributed by atoms with Crippen LogP contribution in [0.15, 0.2) is 48.6 Å². The second-order valence-electron chi connectivity index (χ2n) is 6.96. The van der Waals surface area contributed by atoms with E-state index in [0.717, 1.165) is 0 Å². The molecule has 0 heterocycles. The molecule has 184 valence electrons. The largest absolute Gasteiger partial charge is 0.493 e. The topological polar surface area (TPSA) is 146 Å². The molecule has 0 aromatic heterocycles. The second kappa shape index (κ2) is 13.2. The Morgan fingerprint density at radius 1 is 0.686 bits per heavy atom. The minimum atomic E-state index is -1.12. The third-order valence-electron chi connectivity index (χ3n) is 4.35. The van der Waals surface area contributed by atoms with Gasteiger partial charge in [-0.1, -0.05) is 24.3 Å². The fourth-order valence-corrected chi connectivity index (χ4v) is 2.76. The van der Waals surface area contributed by atoms with E-state index in [1.54, 1.807) is 24.3 Å². The van der Waals surface area contributed by atoms with Crippen molar-refractivity contribution in [2.24, 2.45) is 0 Å². The molecule has 0 amide bonds. The summed E-state index contributed by atoms with van der Waals surface area (Å²) in [6, 6.07) is 9.41. The molecule has 2 N–H and O–H groups in total. The number of carbonyl (C=O) groups is 4. The average Bonchev–Trinajstić information content (AvgIpc) is 2.83. The molecular formula is C25H24O10. The lowest BCUT2D eigenvalue weighted by molar-refractivity contribution is -0.140. The van der Waals surface area contributed by atoms with E-state index in [4.69, 9.17) is 29.2 Å². The number of rotatable bonds is 14. The van der Waals surface area contributed by atoms with E-state index in [2.05, 4.69) is 0 Å². The maximum Gasteiger partial charge on any atom is 0.341 e. The summed E-state index contributed by atoms with van der Waals surface area (Å²) in [6.45, 7) is -1.04. The maximum atomic E-state index is 12.2. The third-order valence-corrected chi connectivity index (χ3v) is 4.35. The molecule has 0 saturated carbocycles. The van der Waals surface area contributed by atoms with Crippen LogP contribution >= 0.6 is 0 Å². The zero-order valence-corrected chi connectivity index (χ0v) is 19.1. The molecule has 0 unspecified atom stereocenters. The number of ketones is 2. The summed E-state index contributed by atoms with van der Waals surface area (Å²) in [5, 5.41) is 17.4. The van der Waals surface area contributed by atoms with Crippen LogP contribution in [0.1, 0.15) is 17.5 Å². The highest BCUT2D eigenvalue weighted by molar-refractivity contribution is 6.10. The van der Waals surface area contributed by atoms with Gasteiger partial charge in [0, 0.05) is 0 Å². The number of methoxy groups -OCH3 is 2. The lowest BCUT2D eigenvalue weighted by Gasteiger charge is -2.09. The van der Waals surface area contributed by atoms with Gasteiger partial charge in [-0.3, -0.25) is 9.59 Å². The predicted octanol–water partition coefficient (Wildman–Crippen LogP) is 2.89. The highest BCUT2D eigenvalue weighted by atomic mass is 16.5. The number of benzene rings is 2. The number of carbonyl (C=O) groups excluding carboxylic acids is 2. The molecule has 2 rings (SSSR count). The summed E-state index contributed by atoms with van der Waals surface area (Å²) in [5.74, 6) is -1.99. The number of ether oxygens (including phenoxy) is 4. The van der Waals surface area contributed by atoms with Crippen LogP contribution in [0.4, 0.5) is 0 Å². The molecule has 0 aliphatic rings. The molecule has 10 nitrogen and oxygen atoms in total. The Kier molecular flexibility index (Phi) is 10.0. The SMILES string of the molecule is COc1cc(/C=C/C(=O)CC(=O)/C=C/c2ccc(OCC(=O)O)c(OC)c2)ccc1OCC(=O)O. The zero-order valence-electron chi connectivity index (χ0n) is 19.1. The van der Waals surface area contributed by atoms with Crippen molar-refractivity contribution in [1.82, 2.24) is 0 Å². The van der Waals surface area contributed by atoms with Gasteiger partial charge in [0.2, 0.25) is 0 Å². The summed E-state index contributed by atoms with van der Waals surface area (Å²) in [4.78, 5) is 45.6. The fourth-order valence-electron chi connectivity index (χ4n) is 2.76. The van der Waals surface area contributed by atoms with Gasteiger partial charge < -0.3 is 29.2 Å². The summed E-state index contributed by atoms with van der Waals surface area (Å²) in [5.41, 5.74) is 1.19. The number of aliphatic carboxylic acids is 2. The van der Waals surface area contributed by atoms with E-state index < -0.39 is 36.7 Å². The summed E-state index contributed by atoms with van der Waals surface area (Å²) in [6.07, 6.45) is 5.18. The monoisotopic (exact) mass is 484 g/mol. The van der Waals surface area contributed by atoms with Gasteiger partial charge in [0.15, 0.2) is 47.8 Å². The quantitative estimate of drug-likeness (QED) is 0.303. The highest BCUT2D eigenvalue weighted by Crippen LogP contribution is 2.29. The molecule has 0 atom stereocenters. The lowest BCUT2D eigenvalue weighted by Crippen LogP contribution is -2.10. The van der Waals surface area contributed by atoms with Crippen LogP contribution in [0.2, 0.25) is 0 Å². The minimum absolute atomic E-state index is 0.247. The van der Waals surface area contributed by atoms with Gasteiger partial charge in [-0.15, -0.1) is 0 Å². The minimum Gasteiger partial charge on any atom is -0.493 e. The van der Waals surface area contributed by atoms with Crippen LogP contribution in [0, 0.1) is 0 Å². The average molecular weight is 484 g/mol. The molecule has 2 aromatic carbocycles. The second-order valence-corrected chi connectivity index (χ2v) is 6.96. The van der Waals surface area contributed by atoms with E-state index in [1.807, 2.05) is 0 Å². The van der Waals surface area contributed by atoms with Gasteiger partial charge in [0.05, 0.1) is 20.6 Å². The van der Waals surface area contributed by atoms with Gasteiger partial charge in [-0.25, -0.2) is 9.59 Å². The van der Waals surface area contributed by atoms with Crippen molar-refractivity contribution in [2.45, 2.75) is 6.42 Å². The van der Waals surface area contributed by atoms with Crippen molar-refractivity contribution in [1.29, 1.82) is 0 Å². The Hall–Kier alpha value is -4.60. The Morgan fingerprint density at radius 2 is 1.09 bits per heavy atom.